The summed E-state index contributed by atoms with van der Waals surface area (Å²) in [7, 11) is 0. The van der Waals surface area contributed by atoms with Gasteiger partial charge in [0.25, 0.3) is 0 Å². The van der Waals surface area contributed by atoms with Crippen LogP contribution in [-0.2, 0) is 13.1 Å². The summed E-state index contributed by atoms with van der Waals surface area (Å²) in [6.45, 7) is 9.05. The fourth-order valence-electron chi connectivity index (χ4n) is 2.40. The van der Waals surface area contributed by atoms with Gasteiger partial charge in [0.05, 0.1) is 25.4 Å². The van der Waals surface area contributed by atoms with Crippen molar-refractivity contribution in [1.82, 2.24) is 20.6 Å². The van der Waals surface area contributed by atoms with E-state index in [1.54, 1.807) is 17.5 Å². The molecule has 3 rings (SSSR count). The van der Waals surface area contributed by atoms with E-state index in [9.17, 15) is 0 Å². The molecule has 2 N–H and O–H groups in total. The number of ether oxygens (including phenoxy) is 1. The Labute approximate surface area is 182 Å². The van der Waals surface area contributed by atoms with Crippen LogP contribution < -0.4 is 15.4 Å². The fourth-order valence-corrected chi connectivity index (χ4v) is 3.28. The SMILES string of the molecule is CCNC(=NCc1ccnc(OCC2CC2)c1)NCc1nc(C)c(C)s1.I. The number of aryl methyl sites for hydroxylation is 2. The molecule has 2 heterocycles. The Kier molecular flexibility index (Phi) is 8.75. The van der Waals surface area contributed by atoms with Crippen LogP contribution in [-0.4, -0.2) is 29.1 Å². The van der Waals surface area contributed by atoms with Gasteiger partial charge in [-0.1, -0.05) is 0 Å². The van der Waals surface area contributed by atoms with Crippen LogP contribution in [0.2, 0.25) is 0 Å². The zero-order valence-corrected chi connectivity index (χ0v) is 19.3. The molecule has 1 aliphatic carbocycles. The Morgan fingerprint density at radius 3 is 2.81 bits per heavy atom. The summed E-state index contributed by atoms with van der Waals surface area (Å²) < 4.78 is 5.75. The summed E-state index contributed by atoms with van der Waals surface area (Å²) in [6, 6.07) is 3.95. The quantitative estimate of drug-likeness (QED) is 0.327. The number of nitrogens with zero attached hydrogens (tertiary/aromatic N) is 3. The third kappa shape index (κ3) is 7.25. The zero-order valence-electron chi connectivity index (χ0n) is 16.1. The lowest BCUT2D eigenvalue weighted by Crippen LogP contribution is -2.36. The molecule has 0 spiro atoms. The summed E-state index contributed by atoms with van der Waals surface area (Å²) >= 11 is 1.72. The Balaban J connectivity index is 0.00000261. The predicted octanol–water partition coefficient (Wildman–Crippen LogP) is 3.82. The van der Waals surface area contributed by atoms with Crippen LogP contribution in [0.5, 0.6) is 5.88 Å². The number of nitrogens with one attached hydrogen (secondary N) is 2. The van der Waals surface area contributed by atoms with Gasteiger partial charge in [-0.2, -0.15) is 0 Å². The number of halogens is 1. The molecule has 1 aliphatic rings. The highest BCUT2D eigenvalue weighted by Crippen LogP contribution is 2.29. The maximum absolute atomic E-state index is 5.75. The Bertz CT molecular complexity index is 741. The van der Waals surface area contributed by atoms with E-state index >= 15 is 0 Å². The van der Waals surface area contributed by atoms with Gasteiger partial charge < -0.3 is 15.4 Å². The molecule has 148 valence electrons. The van der Waals surface area contributed by atoms with Crippen molar-refractivity contribution in [3.05, 3.63) is 39.5 Å². The zero-order chi connectivity index (χ0) is 18.4. The molecule has 2 aromatic rings. The number of aromatic nitrogens is 2. The highest BCUT2D eigenvalue weighted by molar-refractivity contribution is 14.0. The Morgan fingerprint density at radius 1 is 1.33 bits per heavy atom. The number of hydrogen-bond acceptors (Lipinski definition) is 5. The molecule has 0 amide bonds. The molecule has 0 aromatic carbocycles. The van der Waals surface area contributed by atoms with Crippen molar-refractivity contribution >= 4 is 41.3 Å². The minimum absolute atomic E-state index is 0. The van der Waals surface area contributed by atoms with E-state index in [0.29, 0.717) is 19.0 Å². The van der Waals surface area contributed by atoms with E-state index in [2.05, 4.69) is 39.4 Å². The molecule has 0 unspecified atom stereocenters. The second-order valence-electron chi connectivity index (χ2n) is 6.55. The molecule has 0 radical (unpaired) electrons. The van der Waals surface area contributed by atoms with E-state index in [-0.39, 0.29) is 24.0 Å². The van der Waals surface area contributed by atoms with Gasteiger partial charge >= 0.3 is 0 Å². The van der Waals surface area contributed by atoms with Gasteiger partial charge in [-0.3, -0.25) is 0 Å². The number of guanidine groups is 1. The molecule has 0 bridgehead atoms. The smallest absolute Gasteiger partial charge is 0.213 e. The first kappa shape index (κ1) is 21.9. The lowest BCUT2D eigenvalue weighted by molar-refractivity contribution is 0.288. The highest BCUT2D eigenvalue weighted by atomic mass is 127. The van der Waals surface area contributed by atoms with E-state index in [1.807, 2.05) is 19.1 Å². The standard InChI is InChI=1S/C19H27N5OS.HI/c1-4-20-19(23-11-18-24-13(2)14(3)26-18)22-10-16-7-8-21-17(9-16)25-12-15-5-6-15;/h7-9,15H,4-6,10-12H2,1-3H3,(H2,20,22,23);1H. The van der Waals surface area contributed by atoms with E-state index < -0.39 is 0 Å². The normalized spacial score (nSPS) is 13.8. The van der Waals surface area contributed by atoms with Crippen molar-refractivity contribution in [3.8, 4) is 5.88 Å². The Morgan fingerprint density at radius 2 is 2.15 bits per heavy atom. The molecule has 1 fully saturated rings. The lowest BCUT2D eigenvalue weighted by atomic mass is 10.3. The third-order valence-electron chi connectivity index (χ3n) is 4.21. The van der Waals surface area contributed by atoms with Crippen LogP contribution in [0.1, 0.15) is 40.9 Å². The first-order chi connectivity index (χ1) is 12.6. The number of rotatable bonds is 8. The fraction of sp³-hybridized carbons (Fsp3) is 0.526. The monoisotopic (exact) mass is 501 g/mol. The molecule has 0 atom stereocenters. The van der Waals surface area contributed by atoms with E-state index in [4.69, 9.17) is 4.74 Å². The van der Waals surface area contributed by atoms with Crippen LogP contribution in [0.25, 0.3) is 0 Å². The number of hydrogen-bond donors (Lipinski definition) is 2. The third-order valence-corrected chi connectivity index (χ3v) is 5.28. The second-order valence-corrected chi connectivity index (χ2v) is 7.84. The van der Waals surface area contributed by atoms with Crippen LogP contribution >= 0.6 is 35.3 Å². The Hall–Kier alpha value is -1.42. The molecule has 2 aromatic heterocycles. The summed E-state index contributed by atoms with van der Waals surface area (Å²) in [6.07, 6.45) is 4.34. The van der Waals surface area contributed by atoms with Gasteiger partial charge in [0, 0.05) is 23.7 Å². The van der Waals surface area contributed by atoms with Gasteiger partial charge in [-0.05, 0) is 51.2 Å². The molecule has 8 heteroatoms. The van der Waals surface area contributed by atoms with Crippen molar-refractivity contribution in [2.45, 2.75) is 46.7 Å². The maximum Gasteiger partial charge on any atom is 0.213 e. The summed E-state index contributed by atoms with van der Waals surface area (Å²) in [5.41, 5.74) is 2.19. The second kappa shape index (κ2) is 10.8. The molecule has 1 saturated carbocycles. The summed E-state index contributed by atoms with van der Waals surface area (Å²) in [4.78, 5) is 14.8. The van der Waals surface area contributed by atoms with Crippen molar-refractivity contribution in [3.63, 3.8) is 0 Å². The van der Waals surface area contributed by atoms with Gasteiger partial charge in [0.1, 0.15) is 5.01 Å². The van der Waals surface area contributed by atoms with Crippen molar-refractivity contribution in [2.24, 2.45) is 10.9 Å². The van der Waals surface area contributed by atoms with Crippen molar-refractivity contribution < 1.29 is 4.74 Å². The number of thiazole rings is 1. The van der Waals surface area contributed by atoms with Gasteiger partial charge in [0.2, 0.25) is 5.88 Å². The number of aliphatic imine (C=N–C) groups is 1. The average Bonchev–Trinajstić information content (AvgIpc) is 3.41. The lowest BCUT2D eigenvalue weighted by Gasteiger charge is -2.10. The summed E-state index contributed by atoms with van der Waals surface area (Å²) in [5, 5.41) is 7.70. The topological polar surface area (TPSA) is 71.4 Å². The van der Waals surface area contributed by atoms with Crippen LogP contribution in [0.4, 0.5) is 0 Å². The van der Waals surface area contributed by atoms with Crippen LogP contribution in [0.15, 0.2) is 23.3 Å². The molecule has 0 aliphatic heterocycles. The molecule has 27 heavy (non-hydrogen) atoms. The minimum Gasteiger partial charge on any atom is -0.477 e. The maximum atomic E-state index is 5.75. The van der Waals surface area contributed by atoms with Gasteiger partial charge in [-0.25, -0.2) is 15.0 Å². The average molecular weight is 501 g/mol. The van der Waals surface area contributed by atoms with Crippen LogP contribution in [0, 0.1) is 19.8 Å². The van der Waals surface area contributed by atoms with Gasteiger partial charge in [0.15, 0.2) is 5.96 Å². The molecule has 0 saturated heterocycles. The van der Waals surface area contributed by atoms with Crippen LogP contribution in [0.3, 0.4) is 0 Å². The predicted molar refractivity (Wildman–Crippen MR) is 121 cm³/mol. The first-order valence-corrected chi connectivity index (χ1v) is 9.98. The van der Waals surface area contributed by atoms with Crippen molar-refractivity contribution in [2.75, 3.05) is 13.2 Å². The molecular weight excluding hydrogens is 473 g/mol. The minimum atomic E-state index is 0. The highest BCUT2D eigenvalue weighted by Gasteiger charge is 2.22. The van der Waals surface area contributed by atoms with E-state index in [1.165, 1.54) is 17.7 Å². The van der Waals surface area contributed by atoms with Gasteiger partial charge in [-0.15, -0.1) is 35.3 Å². The largest absolute Gasteiger partial charge is 0.477 e. The molecular formula is C19H28IN5OS. The molecule has 6 nitrogen and oxygen atoms in total. The van der Waals surface area contributed by atoms with E-state index in [0.717, 1.165) is 41.3 Å². The first-order valence-electron chi connectivity index (χ1n) is 9.17. The number of pyridine rings is 1. The summed E-state index contributed by atoms with van der Waals surface area (Å²) in [5.74, 6) is 2.20. The van der Waals surface area contributed by atoms with Crippen molar-refractivity contribution in [1.29, 1.82) is 0 Å².